The molecule has 4 rings (SSSR count). The number of benzene rings is 1. The monoisotopic (exact) mass is 384 g/mol. The van der Waals surface area contributed by atoms with E-state index >= 15 is 0 Å². The van der Waals surface area contributed by atoms with Crippen molar-refractivity contribution >= 4 is 22.8 Å². The third kappa shape index (κ3) is 3.53. The first kappa shape index (κ1) is 19.0. The molecule has 0 aliphatic carbocycles. The maximum absolute atomic E-state index is 13.2. The lowest BCUT2D eigenvalue weighted by Gasteiger charge is -2.47. The Morgan fingerprint density at radius 2 is 1.79 bits per heavy atom. The van der Waals surface area contributed by atoms with Crippen molar-refractivity contribution < 1.29 is 19.1 Å². The summed E-state index contributed by atoms with van der Waals surface area (Å²) in [6.45, 7) is 6.52. The van der Waals surface area contributed by atoms with Crippen LogP contribution < -0.4 is 0 Å². The normalized spacial score (nSPS) is 25.0. The van der Waals surface area contributed by atoms with Gasteiger partial charge >= 0.3 is 6.09 Å². The highest BCUT2D eigenvalue weighted by molar-refractivity contribution is 6.01. The van der Waals surface area contributed by atoms with E-state index in [-0.39, 0.29) is 29.9 Å². The smallest absolute Gasteiger partial charge is 0.410 e. The fourth-order valence-corrected chi connectivity index (χ4v) is 4.41. The van der Waals surface area contributed by atoms with E-state index in [9.17, 15) is 9.59 Å². The number of hydrogen-bond acceptors (Lipinski definition) is 4. The van der Waals surface area contributed by atoms with Crippen molar-refractivity contribution in [1.29, 1.82) is 0 Å². The Morgan fingerprint density at radius 1 is 1.11 bits per heavy atom. The minimum atomic E-state index is -0.538. The second kappa shape index (κ2) is 6.92. The number of aryl methyl sites for hydroxylation is 1. The topological polar surface area (TPSA) is 60.8 Å². The van der Waals surface area contributed by atoms with Gasteiger partial charge in [0.2, 0.25) is 0 Å². The number of nitrogens with zero attached hydrogens (tertiary/aromatic N) is 2. The molecule has 2 unspecified atom stereocenters. The van der Waals surface area contributed by atoms with Gasteiger partial charge in [-0.05, 0) is 57.9 Å². The predicted molar refractivity (Wildman–Crippen MR) is 106 cm³/mol. The molecule has 0 radical (unpaired) electrons. The number of fused-ring (bicyclic) bond motifs is 3. The van der Waals surface area contributed by atoms with E-state index in [2.05, 4.69) is 0 Å². The Morgan fingerprint density at radius 3 is 2.43 bits per heavy atom. The number of ether oxygens (including phenoxy) is 2. The molecule has 150 valence electrons. The third-order valence-corrected chi connectivity index (χ3v) is 5.67. The van der Waals surface area contributed by atoms with Crippen LogP contribution in [0.2, 0.25) is 0 Å². The summed E-state index contributed by atoms with van der Waals surface area (Å²) < 4.78 is 13.3. The molecule has 2 bridgehead atoms. The zero-order valence-corrected chi connectivity index (χ0v) is 17.0. The van der Waals surface area contributed by atoms with E-state index in [4.69, 9.17) is 9.47 Å². The molecule has 3 heterocycles. The summed E-state index contributed by atoms with van der Waals surface area (Å²) in [5, 5.41) is 1.07. The van der Waals surface area contributed by atoms with Gasteiger partial charge in [-0.25, -0.2) is 4.79 Å². The summed E-state index contributed by atoms with van der Waals surface area (Å²) in [6, 6.07) is 7.69. The van der Waals surface area contributed by atoms with Crippen LogP contribution in [0.5, 0.6) is 0 Å². The number of amides is 1. The number of piperidine rings is 1. The molecule has 0 saturated carbocycles. The number of morpholine rings is 1. The largest absolute Gasteiger partial charge is 0.444 e. The van der Waals surface area contributed by atoms with Crippen LogP contribution in [0.15, 0.2) is 30.5 Å². The second-order valence-corrected chi connectivity index (χ2v) is 8.97. The fourth-order valence-electron chi connectivity index (χ4n) is 4.41. The van der Waals surface area contributed by atoms with E-state index in [1.54, 1.807) is 4.90 Å². The number of aromatic nitrogens is 1. The highest BCUT2D eigenvalue weighted by Crippen LogP contribution is 2.35. The zero-order valence-electron chi connectivity index (χ0n) is 17.0. The van der Waals surface area contributed by atoms with Crippen molar-refractivity contribution in [3.63, 3.8) is 0 Å². The quantitative estimate of drug-likeness (QED) is 0.740. The summed E-state index contributed by atoms with van der Waals surface area (Å²) in [4.78, 5) is 27.7. The first-order valence-electron chi connectivity index (χ1n) is 9.91. The number of ketones is 1. The van der Waals surface area contributed by atoms with Gasteiger partial charge in [0.25, 0.3) is 0 Å². The Labute approximate surface area is 165 Å². The van der Waals surface area contributed by atoms with Crippen LogP contribution in [0.1, 0.15) is 44.0 Å². The summed E-state index contributed by atoms with van der Waals surface area (Å²) >= 11 is 0. The van der Waals surface area contributed by atoms with Crippen LogP contribution in [0.4, 0.5) is 4.79 Å². The first-order valence-corrected chi connectivity index (χ1v) is 9.91. The van der Waals surface area contributed by atoms with E-state index in [1.807, 2.05) is 62.8 Å². The Kier molecular flexibility index (Phi) is 4.70. The zero-order chi connectivity index (χ0) is 20.1. The van der Waals surface area contributed by atoms with Gasteiger partial charge < -0.3 is 14.0 Å². The van der Waals surface area contributed by atoms with Crippen molar-refractivity contribution in [1.82, 2.24) is 9.47 Å². The number of rotatable bonds is 2. The molecule has 2 aromatic rings. The molecular weight excluding hydrogens is 356 g/mol. The van der Waals surface area contributed by atoms with E-state index in [0.29, 0.717) is 26.1 Å². The lowest BCUT2D eigenvalue weighted by atomic mass is 9.80. The van der Waals surface area contributed by atoms with E-state index in [1.165, 1.54) is 0 Å². The van der Waals surface area contributed by atoms with Crippen LogP contribution in [-0.2, 0) is 16.5 Å². The van der Waals surface area contributed by atoms with Crippen LogP contribution in [0.25, 0.3) is 10.9 Å². The molecule has 2 saturated heterocycles. The molecule has 2 fully saturated rings. The van der Waals surface area contributed by atoms with Crippen molar-refractivity contribution in [2.75, 3.05) is 13.2 Å². The summed E-state index contributed by atoms with van der Waals surface area (Å²) in [5.41, 5.74) is 1.32. The molecule has 2 aliphatic heterocycles. The van der Waals surface area contributed by atoms with Gasteiger partial charge in [-0.3, -0.25) is 9.69 Å². The van der Waals surface area contributed by atoms with Gasteiger partial charge in [-0.2, -0.15) is 0 Å². The minimum Gasteiger partial charge on any atom is -0.444 e. The van der Waals surface area contributed by atoms with Crippen LogP contribution in [-0.4, -0.2) is 52.2 Å². The maximum Gasteiger partial charge on any atom is 0.410 e. The molecule has 6 nitrogen and oxygen atoms in total. The van der Waals surface area contributed by atoms with E-state index in [0.717, 1.165) is 16.5 Å². The molecule has 6 heteroatoms. The Bertz CT molecular complexity index is 897. The van der Waals surface area contributed by atoms with Crippen molar-refractivity contribution in [3.8, 4) is 0 Å². The molecule has 2 aliphatic rings. The molecule has 0 spiro atoms. The Balaban J connectivity index is 1.53. The Hall–Kier alpha value is -2.34. The fraction of sp³-hybridized carbons (Fsp3) is 0.545. The predicted octanol–water partition coefficient (Wildman–Crippen LogP) is 3.78. The molecule has 0 N–H and O–H groups in total. The first-order chi connectivity index (χ1) is 13.2. The highest BCUT2D eigenvalue weighted by atomic mass is 16.6. The van der Waals surface area contributed by atoms with Crippen LogP contribution in [0.3, 0.4) is 0 Å². The van der Waals surface area contributed by atoms with Crippen LogP contribution >= 0.6 is 0 Å². The SMILES string of the molecule is Cn1ccc2cc(C(=O)C3CC4COCC(C3)N4C(=O)OC(C)(C)C)ccc21. The molecule has 1 aromatic heterocycles. The number of Topliss-reactive ketones (excluding diaryl/α,β-unsaturated/α-hetero) is 1. The average molecular weight is 384 g/mol. The van der Waals surface area contributed by atoms with Crippen molar-refractivity contribution in [3.05, 3.63) is 36.0 Å². The van der Waals surface area contributed by atoms with Gasteiger partial charge in [-0.15, -0.1) is 0 Å². The minimum absolute atomic E-state index is 0.0984. The van der Waals surface area contributed by atoms with Gasteiger partial charge in [0, 0.05) is 35.6 Å². The summed E-state index contributed by atoms with van der Waals surface area (Å²) in [5.74, 6) is 0.0604. The van der Waals surface area contributed by atoms with Gasteiger partial charge in [-0.1, -0.05) is 0 Å². The highest BCUT2D eigenvalue weighted by Gasteiger charge is 2.45. The molecular formula is C22H28N2O4. The van der Waals surface area contributed by atoms with Gasteiger partial charge in [0.1, 0.15) is 5.60 Å². The number of carbonyl (C=O) groups is 2. The third-order valence-electron chi connectivity index (χ3n) is 5.67. The lowest BCUT2D eigenvalue weighted by Crippen LogP contribution is -2.60. The molecule has 28 heavy (non-hydrogen) atoms. The average Bonchev–Trinajstić information content (AvgIpc) is 2.99. The maximum atomic E-state index is 13.2. The second-order valence-electron chi connectivity index (χ2n) is 8.97. The van der Waals surface area contributed by atoms with Gasteiger partial charge in [0.15, 0.2) is 5.78 Å². The molecule has 1 aromatic carbocycles. The number of carbonyl (C=O) groups excluding carboxylic acids is 2. The summed E-state index contributed by atoms with van der Waals surface area (Å²) in [7, 11) is 2.00. The lowest BCUT2D eigenvalue weighted by molar-refractivity contribution is -0.0861. The standard InChI is InChI=1S/C22H28N2O4/c1-22(2,3)28-21(26)24-17-10-16(11-18(24)13-27-12-17)20(25)15-5-6-19-14(9-15)7-8-23(19)4/h5-9,16-18H,10-13H2,1-4H3. The van der Waals surface area contributed by atoms with Crippen molar-refractivity contribution in [2.24, 2.45) is 13.0 Å². The van der Waals surface area contributed by atoms with Gasteiger partial charge in [0.05, 0.1) is 25.3 Å². The van der Waals surface area contributed by atoms with Crippen molar-refractivity contribution in [2.45, 2.75) is 51.3 Å². The number of hydrogen-bond donors (Lipinski definition) is 0. The molecule has 1 amide bonds. The molecule has 2 atom stereocenters. The van der Waals surface area contributed by atoms with Crippen LogP contribution in [0, 0.1) is 5.92 Å². The summed E-state index contributed by atoms with van der Waals surface area (Å²) in [6.07, 6.45) is 2.92. The van der Waals surface area contributed by atoms with E-state index < -0.39 is 5.60 Å².